The summed E-state index contributed by atoms with van der Waals surface area (Å²) >= 11 is 0. The van der Waals surface area contributed by atoms with Crippen molar-refractivity contribution in [2.24, 2.45) is 0 Å². The summed E-state index contributed by atoms with van der Waals surface area (Å²) < 4.78 is 15.2. The van der Waals surface area contributed by atoms with Gasteiger partial charge in [0.25, 0.3) is 0 Å². The molecule has 10 nitrogen and oxygen atoms in total. The SMILES string of the molecule is COCCOCCCNC(=O)COCC(=O)NCCCC[C@H](NP)C(=O)O. The second-order valence-corrected chi connectivity index (χ2v) is 6.04. The number of hydrogen-bond acceptors (Lipinski definition) is 7. The highest BCUT2D eigenvalue weighted by Crippen LogP contribution is 2.02. The monoisotopic (exact) mass is 409 g/mol. The number of rotatable bonds is 18. The summed E-state index contributed by atoms with van der Waals surface area (Å²) in [6.45, 7) is 2.13. The van der Waals surface area contributed by atoms with Gasteiger partial charge in [-0.2, -0.15) is 0 Å². The largest absolute Gasteiger partial charge is 0.480 e. The maximum absolute atomic E-state index is 11.6. The van der Waals surface area contributed by atoms with Crippen LogP contribution in [-0.2, 0) is 28.6 Å². The van der Waals surface area contributed by atoms with E-state index in [2.05, 4.69) is 25.1 Å². The zero-order valence-electron chi connectivity index (χ0n) is 15.8. The second kappa shape index (κ2) is 18.1. The van der Waals surface area contributed by atoms with Crippen molar-refractivity contribution in [3.63, 3.8) is 0 Å². The maximum Gasteiger partial charge on any atom is 0.320 e. The molecule has 0 aromatic heterocycles. The molecule has 1 unspecified atom stereocenters. The third-order valence-corrected chi connectivity index (χ3v) is 3.83. The Morgan fingerprint density at radius 1 is 0.926 bits per heavy atom. The molecule has 0 rings (SSSR count). The van der Waals surface area contributed by atoms with Crippen molar-refractivity contribution >= 4 is 27.2 Å². The molecule has 0 spiro atoms. The Morgan fingerprint density at radius 2 is 1.56 bits per heavy atom. The first-order chi connectivity index (χ1) is 13.0. The zero-order chi connectivity index (χ0) is 20.3. The molecule has 27 heavy (non-hydrogen) atoms. The van der Waals surface area contributed by atoms with Crippen LogP contribution >= 0.6 is 9.39 Å². The summed E-state index contributed by atoms with van der Waals surface area (Å²) in [6, 6.07) is -0.607. The number of ether oxygens (including phenoxy) is 3. The number of carbonyl (C=O) groups excluding carboxylic acids is 2. The van der Waals surface area contributed by atoms with E-state index in [0.29, 0.717) is 58.6 Å². The van der Waals surface area contributed by atoms with Crippen LogP contribution in [0, 0.1) is 0 Å². The minimum absolute atomic E-state index is 0.182. The Bertz CT molecular complexity index is 427. The fraction of sp³-hybridized carbons (Fsp3) is 0.812. The average molecular weight is 409 g/mol. The number of amides is 2. The van der Waals surface area contributed by atoms with E-state index in [4.69, 9.17) is 19.3 Å². The molecule has 0 aliphatic rings. The van der Waals surface area contributed by atoms with E-state index in [-0.39, 0.29) is 25.0 Å². The first kappa shape index (κ1) is 25.7. The lowest BCUT2D eigenvalue weighted by Crippen LogP contribution is -2.33. The van der Waals surface area contributed by atoms with E-state index < -0.39 is 12.0 Å². The Morgan fingerprint density at radius 3 is 2.11 bits per heavy atom. The molecule has 11 heteroatoms. The number of carbonyl (C=O) groups is 3. The third kappa shape index (κ3) is 16.6. The lowest BCUT2D eigenvalue weighted by Gasteiger charge is -2.10. The molecular formula is C16H32N3O7P. The fourth-order valence-corrected chi connectivity index (χ4v) is 2.27. The standard InChI is InChI=1S/C16H32N3O7P/c1-24-9-10-25-8-4-7-18-15(21)12-26-11-14(20)17-6-3-2-5-13(19-27)16(22)23/h13,19H,2-12,27H2,1H3,(H,17,20)(H,18,21)(H,22,23)/t13-/m0/s1. The van der Waals surface area contributed by atoms with E-state index in [0.717, 1.165) is 0 Å². The van der Waals surface area contributed by atoms with Gasteiger partial charge in [-0.15, -0.1) is 0 Å². The molecular weight excluding hydrogens is 377 g/mol. The lowest BCUT2D eigenvalue weighted by atomic mass is 10.1. The third-order valence-electron chi connectivity index (χ3n) is 3.43. The van der Waals surface area contributed by atoms with E-state index in [9.17, 15) is 14.4 Å². The summed E-state index contributed by atoms with van der Waals surface area (Å²) in [5.74, 6) is -1.50. The van der Waals surface area contributed by atoms with Crippen LogP contribution in [0.1, 0.15) is 25.7 Å². The van der Waals surface area contributed by atoms with E-state index >= 15 is 0 Å². The van der Waals surface area contributed by atoms with Crippen LogP contribution in [0.2, 0.25) is 0 Å². The van der Waals surface area contributed by atoms with Gasteiger partial charge in [-0.3, -0.25) is 19.5 Å². The van der Waals surface area contributed by atoms with Crippen molar-refractivity contribution in [2.45, 2.75) is 31.7 Å². The van der Waals surface area contributed by atoms with Crippen LogP contribution in [0.15, 0.2) is 0 Å². The highest BCUT2D eigenvalue weighted by molar-refractivity contribution is 7.13. The van der Waals surface area contributed by atoms with Gasteiger partial charge < -0.3 is 30.0 Å². The molecule has 4 N–H and O–H groups in total. The Kier molecular flexibility index (Phi) is 17.2. The first-order valence-corrected chi connectivity index (χ1v) is 9.45. The van der Waals surface area contributed by atoms with Crippen LogP contribution in [-0.4, -0.2) is 82.2 Å². The Balaban J connectivity index is 3.49. The van der Waals surface area contributed by atoms with Crippen molar-refractivity contribution < 1.29 is 33.7 Å². The number of unbranched alkanes of at least 4 members (excludes halogenated alkanes) is 1. The summed E-state index contributed by atoms with van der Waals surface area (Å²) in [5.41, 5.74) is 0. The topological polar surface area (TPSA) is 135 Å². The van der Waals surface area contributed by atoms with Gasteiger partial charge in [0, 0.05) is 26.8 Å². The van der Waals surface area contributed by atoms with Gasteiger partial charge in [0.2, 0.25) is 11.8 Å². The molecule has 2 amide bonds. The molecule has 0 heterocycles. The number of aliphatic carboxylic acids is 1. The molecule has 0 aliphatic heterocycles. The predicted molar refractivity (Wildman–Crippen MR) is 102 cm³/mol. The maximum atomic E-state index is 11.6. The number of hydrogen-bond donors (Lipinski definition) is 4. The quantitative estimate of drug-likeness (QED) is 0.172. The lowest BCUT2D eigenvalue weighted by molar-refractivity contribution is -0.139. The van der Waals surface area contributed by atoms with E-state index in [1.807, 2.05) is 0 Å². The summed E-state index contributed by atoms with van der Waals surface area (Å²) in [4.78, 5) is 33.9. The van der Waals surface area contributed by atoms with Crippen molar-refractivity contribution in [1.82, 2.24) is 15.7 Å². The van der Waals surface area contributed by atoms with Gasteiger partial charge >= 0.3 is 5.97 Å². The van der Waals surface area contributed by atoms with Crippen LogP contribution in [0.5, 0.6) is 0 Å². The highest BCUT2D eigenvalue weighted by Gasteiger charge is 2.13. The summed E-state index contributed by atoms with van der Waals surface area (Å²) in [6.07, 6.45) is 2.49. The molecule has 0 bridgehead atoms. The minimum Gasteiger partial charge on any atom is -0.480 e. The van der Waals surface area contributed by atoms with Crippen molar-refractivity contribution in [1.29, 1.82) is 0 Å². The minimum atomic E-state index is -0.903. The van der Waals surface area contributed by atoms with Crippen LogP contribution in [0.25, 0.3) is 0 Å². The molecule has 0 aromatic rings. The number of carboxylic acid groups (broad SMARTS) is 1. The van der Waals surface area contributed by atoms with Gasteiger partial charge in [-0.05, 0) is 25.7 Å². The molecule has 0 aliphatic carbocycles. The molecule has 0 saturated carbocycles. The van der Waals surface area contributed by atoms with E-state index in [1.54, 1.807) is 7.11 Å². The Labute approximate surface area is 162 Å². The number of nitrogens with one attached hydrogen (secondary N) is 3. The molecule has 0 aromatic carbocycles. The summed E-state index contributed by atoms with van der Waals surface area (Å²) in [5, 5.41) is 16.8. The van der Waals surface area contributed by atoms with Gasteiger partial charge in [-0.25, -0.2) is 0 Å². The second-order valence-electron chi connectivity index (χ2n) is 5.70. The molecule has 0 fully saturated rings. The van der Waals surface area contributed by atoms with Crippen LogP contribution in [0.4, 0.5) is 0 Å². The Hall–Kier alpha value is -1.32. The first-order valence-electron chi connectivity index (χ1n) is 8.88. The molecule has 0 saturated heterocycles. The smallest absolute Gasteiger partial charge is 0.320 e. The van der Waals surface area contributed by atoms with Gasteiger partial charge in [0.05, 0.1) is 13.2 Å². The van der Waals surface area contributed by atoms with Gasteiger partial charge in [0.15, 0.2) is 0 Å². The van der Waals surface area contributed by atoms with Crippen molar-refractivity contribution in [3.05, 3.63) is 0 Å². The van der Waals surface area contributed by atoms with Crippen molar-refractivity contribution in [2.75, 3.05) is 53.2 Å². The summed E-state index contributed by atoms with van der Waals surface area (Å²) in [7, 11) is 3.79. The molecule has 0 radical (unpaired) electrons. The van der Waals surface area contributed by atoms with Crippen LogP contribution < -0.4 is 15.7 Å². The van der Waals surface area contributed by atoms with Crippen LogP contribution in [0.3, 0.4) is 0 Å². The molecule has 2 atom stereocenters. The van der Waals surface area contributed by atoms with E-state index in [1.165, 1.54) is 0 Å². The highest BCUT2D eigenvalue weighted by atomic mass is 31.0. The van der Waals surface area contributed by atoms with Crippen molar-refractivity contribution in [3.8, 4) is 0 Å². The number of carboxylic acids is 1. The zero-order valence-corrected chi connectivity index (χ0v) is 17.0. The van der Waals surface area contributed by atoms with Gasteiger partial charge in [-0.1, -0.05) is 9.39 Å². The normalized spacial score (nSPS) is 11.8. The fourth-order valence-electron chi connectivity index (χ4n) is 1.96. The predicted octanol–water partition coefficient (Wildman–Crippen LogP) is -0.708. The van der Waals surface area contributed by atoms with Gasteiger partial charge in [0.1, 0.15) is 19.3 Å². The molecule has 158 valence electrons. The number of methoxy groups -OCH3 is 1. The average Bonchev–Trinajstić information content (AvgIpc) is 2.63.